The van der Waals surface area contributed by atoms with Gasteiger partial charge in [0.25, 0.3) is 0 Å². The number of carbonyl (C=O) groups is 3. The van der Waals surface area contributed by atoms with Gasteiger partial charge in [-0.3, -0.25) is 25.2 Å². The van der Waals surface area contributed by atoms with Crippen molar-refractivity contribution in [2.24, 2.45) is 0 Å². The summed E-state index contributed by atoms with van der Waals surface area (Å²) in [6.07, 6.45) is 0.0259. The molecule has 2 amide bonds. The second-order valence-corrected chi connectivity index (χ2v) is 3.53. The topological polar surface area (TPSA) is 95.5 Å². The predicted octanol–water partition coefficient (Wildman–Crippen LogP) is -0.638. The maximum atomic E-state index is 10.9. The smallest absolute Gasteiger partial charge is 0.304 e. The molecule has 14 heavy (non-hydrogen) atoms. The summed E-state index contributed by atoms with van der Waals surface area (Å²) >= 11 is 1.20. The van der Waals surface area contributed by atoms with Crippen LogP contribution in [0.25, 0.3) is 0 Å². The number of amides is 2. The van der Waals surface area contributed by atoms with Gasteiger partial charge in [-0.05, 0) is 0 Å². The number of rotatable bonds is 5. The zero-order valence-electron chi connectivity index (χ0n) is 7.70. The van der Waals surface area contributed by atoms with E-state index in [2.05, 4.69) is 10.9 Å². The van der Waals surface area contributed by atoms with Gasteiger partial charge in [-0.1, -0.05) is 0 Å². The number of carbonyl (C=O) groups excluding carboxylic acids is 2. The van der Waals surface area contributed by atoms with Crippen LogP contribution in [0.15, 0.2) is 0 Å². The lowest BCUT2D eigenvalue weighted by molar-refractivity contribution is -0.136. The third kappa shape index (κ3) is 8.85. The van der Waals surface area contributed by atoms with Crippen LogP contribution in [0.3, 0.4) is 0 Å². The summed E-state index contributed by atoms with van der Waals surface area (Å²) in [5.74, 6) is -1.08. The van der Waals surface area contributed by atoms with E-state index in [1.165, 1.54) is 18.7 Å². The van der Waals surface area contributed by atoms with Gasteiger partial charge in [0, 0.05) is 12.7 Å². The first-order chi connectivity index (χ1) is 6.52. The summed E-state index contributed by atoms with van der Waals surface area (Å²) in [4.78, 5) is 31.3. The fourth-order valence-corrected chi connectivity index (χ4v) is 1.24. The van der Waals surface area contributed by atoms with Gasteiger partial charge in [-0.2, -0.15) is 11.8 Å². The molecule has 0 saturated heterocycles. The Morgan fingerprint density at radius 1 is 1.29 bits per heavy atom. The SMILES string of the molecule is CC(=O)NNC(=O)CSCCC(=O)O. The van der Waals surface area contributed by atoms with E-state index in [1.807, 2.05) is 0 Å². The first-order valence-corrected chi connectivity index (χ1v) is 5.03. The van der Waals surface area contributed by atoms with Gasteiger partial charge in [-0.25, -0.2) is 0 Å². The van der Waals surface area contributed by atoms with Gasteiger partial charge in [0.1, 0.15) is 0 Å². The molecule has 0 fully saturated rings. The third-order valence-electron chi connectivity index (χ3n) is 1.07. The molecule has 6 nitrogen and oxygen atoms in total. The Morgan fingerprint density at radius 3 is 2.43 bits per heavy atom. The van der Waals surface area contributed by atoms with Crippen LogP contribution >= 0.6 is 11.8 Å². The molecule has 0 aromatic rings. The van der Waals surface area contributed by atoms with Crippen molar-refractivity contribution < 1.29 is 19.5 Å². The van der Waals surface area contributed by atoms with E-state index in [9.17, 15) is 14.4 Å². The molecule has 0 unspecified atom stereocenters. The molecular weight excluding hydrogens is 208 g/mol. The highest BCUT2D eigenvalue weighted by Gasteiger charge is 2.02. The van der Waals surface area contributed by atoms with Gasteiger partial charge in [0.2, 0.25) is 11.8 Å². The lowest BCUT2D eigenvalue weighted by atomic mass is 10.5. The Kier molecular flexibility index (Phi) is 6.55. The van der Waals surface area contributed by atoms with Crippen LogP contribution in [0.1, 0.15) is 13.3 Å². The van der Waals surface area contributed by atoms with Crippen molar-refractivity contribution in [3.05, 3.63) is 0 Å². The second kappa shape index (κ2) is 7.19. The van der Waals surface area contributed by atoms with Crippen LogP contribution in [0.2, 0.25) is 0 Å². The van der Waals surface area contributed by atoms with Gasteiger partial charge in [-0.15, -0.1) is 0 Å². The maximum absolute atomic E-state index is 10.9. The highest BCUT2D eigenvalue weighted by Crippen LogP contribution is 2.00. The fraction of sp³-hybridized carbons (Fsp3) is 0.571. The van der Waals surface area contributed by atoms with Crippen molar-refractivity contribution in [3.63, 3.8) is 0 Å². The number of hydrogen-bond acceptors (Lipinski definition) is 4. The first kappa shape index (κ1) is 12.8. The second-order valence-electron chi connectivity index (χ2n) is 2.43. The van der Waals surface area contributed by atoms with Crippen LogP contribution in [0, 0.1) is 0 Å². The number of hydrazine groups is 1. The highest BCUT2D eigenvalue weighted by molar-refractivity contribution is 7.99. The third-order valence-corrected chi connectivity index (χ3v) is 2.03. The van der Waals surface area contributed by atoms with E-state index >= 15 is 0 Å². The molecule has 0 aliphatic heterocycles. The fourth-order valence-electron chi connectivity index (χ4n) is 0.518. The summed E-state index contributed by atoms with van der Waals surface area (Å²) in [6, 6.07) is 0. The van der Waals surface area contributed by atoms with Crippen LogP contribution in [-0.4, -0.2) is 34.4 Å². The van der Waals surface area contributed by atoms with Crippen LogP contribution < -0.4 is 10.9 Å². The summed E-state index contributed by atoms with van der Waals surface area (Å²) in [5, 5.41) is 8.28. The quantitative estimate of drug-likeness (QED) is 0.423. The molecule has 0 bridgehead atoms. The normalized spacial score (nSPS) is 9.21. The maximum Gasteiger partial charge on any atom is 0.304 e. The van der Waals surface area contributed by atoms with E-state index in [4.69, 9.17) is 5.11 Å². The molecular formula is C7H12N2O4S. The summed E-state index contributed by atoms with van der Waals surface area (Å²) in [6.45, 7) is 1.28. The van der Waals surface area contributed by atoms with E-state index in [1.54, 1.807) is 0 Å². The minimum absolute atomic E-state index is 0.0259. The average Bonchev–Trinajstić information content (AvgIpc) is 2.08. The summed E-state index contributed by atoms with van der Waals surface area (Å²) < 4.78 is 0. The molecule has 0 atom stereocenters. The Morgan fingerprint density at radius 2 is 1.93 bits per heavy atom. The van der Waals surface area contributed by atoms with Crippen molar-refractivity contribution in [2.75, 3.05) is 11.5 Å². The van der Waals surface area contributed by atoms with Gasteiger partial charge >= 0.3 is 5.97 Å². The van der Waals surface area contributed by atoms with Crippen molar-refractivity contribution in [3.8, 4) is 0 Å². The van der Waals surface area contributed by atoms with Crippen molar-refractivity contribution in [2.45, 2.75) is 13.3 Å². The lowest BCUT2D eigenvalue weighted by Crippen LogP contribution is -2.41. The molecule has 0 aliphatic carbocycles. The zero-order valence-corrected chi connectivity index (χ0v) is 8.52. The Hall–Kier alpha value is -1.24. The highest BCUT2D eigenvalue weighted by atomic mass is 32.2. The van der Waals surface area contributed by atoms with Crippen molar-refractivity contribution in [1.82, 2.24) is 10.9 Å². The number of hydrogen-bond donors (Lipinski definition) is 3. The largest absolute Gasteiger partial charge is 0.481 e. The van der Waals surface area contributed by atoms with E-state index in [0.29, 0.717) is 5.75 Å². The molecule has 0 heterocycles. The molecule has 7 heteroatoms. The van der Waals surface area contributed by atoms with Gasteiger partial charge < -0.3 is 5.11 Å². The molecule has 0 rings (SSSR count). The van der Waals surface area contributed by atoms with E-state index in [-0.39, 0.29) is 24.0 Å². The lowest BCUT2D eigenvalue weighted by Gasteiger charge is -2.03. The first-order valence-electron chi connectivity index (χ1n) is 3.87. The molecule has 0 spiro atoms. The van der Waals surface area contributed by atoms with Crippen LogP contribution in [0.4, 0.5) is 0 Å². The Balaban J connectivity index is 3.36. The predicted molar refractivity (Wildman–Crippen MR) is 51.5 cm³/mol. The number of carboxylic acid groups (broad SMARTS) is 1. The van der Waals surface area contributed by atoms with Crippen molar-refractivity contribution in [1.29, 1.82) is 0 Å². The Labute approximate surface area is 85.4 Å². The molecule has 0 aromatic carbocycles. The zero-order chi connectivity index (χ0) is 11.0. The molecule has 3 N–H and O–H groups in total. The summed E-state index contributed by atoms with van der Waals surface area (Å²) in [7, 11) is 0. The monoisotopic (exact) mass is 220 g/mol. The number of carboxylic acids is 1. The van der Waals surface area contributed by atoms with E-state index < -0.39 is 5.97 Å². The number of aliphatic carboxylic acids is 1. The van der Waals surface area contributed by atoms with Crippen LogP contribution in [-0.2, 0) is 14.4 Å². The van der Waals surface area contributed by atoms with Gasteiger partial charge in [0.05, 0.1) is 12.2 Å². The van der Waals surface area contributed by atoms with E-state index in [0.717, 1.165) is 0 Å². The molecule has 0 aliphatic rings. The Bertz CT molecular complexity index is 232. The minimum Gasteiger partial charge on any atom is -0.481 e. The standard InChI is InChI=1S/C7H12N2O4S/c1-5(10)8-9-6(11)4-14-3-2-7(12)13/h2-4H2,1H3,(H,8,10)(H,9,11)(H,12,13). The van der Waals surface area contributed by atoms with Gasteiger partial charge in [0.15, 0.2) is 0 Å². The van der Waals surface area contributed by atoms with Crippen molar-refractivity contribution >= 4 is 29.5 Å². The molecule has 0 saturated carbocycles. The molecule has 0 aromatic heterocycles. The minimum atomic E-state index is -0.889. The molecule has 80 valence electrons. The summed E-state index contributed by atoms with van der Waals surface area (Å²) in [5.41, 5.74) is 4.29. The number of nitrogens with one attached hydrogen (secondary N) is 2. The van der Waals surface area contributed by atoms with Crippen LogP contribution in [0.5, 0.6) is 0 Å². The average molecular weight is 220 g/mol. The number of thioether (sulfide) groups is 1. The molecule has 0 radical (unpaired) electrons.